The summed E-state index contributed by atoms with van der Waals surface area (Å²) in [6.07, 6.45) is 3.73. The van der Waals surface area contributed by atoms with E-state index in [9.17, 15) is 10.1 Å². The number of aliphatic imine (C=N–C) groups is 1. The van der Waals surface area contributed by atoms with Crippen LogP contribution in [0.1, 0.15) is 17.2 Å². The van der Waals surface area contributed by atoms with Gasteiger partial charge in [-0.1, -0.05) is 12.1 Å². The second-order valence-electron chi connectivity index (χ2n) is 6.08. The van der Waals surface area contributed by atoms with Crippen molar-refractivity contribution in [3.8, 4) is 0 Å². The topological polar surface area (TPSA) is 97.8 Å². The zero-order valence-corrected chi connectivity index (χ0v) is 17.6. The van der Waals surface area contributed by atoms with Crippen molar-refractivity contribution in [1.82, 2.24) is 20.0 Å². The maximum absolute atomic E-state index is 10.7. The van der Waals surface area contributed by atoms with Gasteiger partial charge in [-0.05, 0) is 5.56 Å². The summed E-state index contributed by atoms with van der Waals surface area (Å²) in [5, 5.41) is 18.2. The third-order valence-electron chi connectivity index (χ3n) is 4.27. The van der Waals surface area contributed by atoms with Crippen LogP contribution in [0, 0.1) is 10.1 Å². The van der Waals surface area contributed by atoms with E-state index in [1.54, 1.807) is 23.9 Å². The van der Waals surface area contributed by atoms with Crippen LogP contribution < -0.4 is 5.32 Å². The number of hydrogen-bond donors (Lipinski definition) is 1. The Bertz CT molecular complexity index is 792. The Morgan fingerprint density at radius 2 is 2.19 bits per heavy atom. The van der Waals surface area contributed by atoms with Crippen LogP contribution >= 0.6 is 24.0 Å². The van der Waals surface area contributed by atoms with Crippen molar-refractivity contribution in [2.75, 3.05) is 26.7 Å². The highest BCUT2D eigenvalue weighted by atomic mass is 127. The number of morpholine rings is 1. The van der Waals surface area contributed by atoms with E-state index >= 15 is 0 Å². The molecule has 1 fully saturated rings. The normalized spacial score (nSPS) is 17.3. The van der Waals surface area contributed by atoms with E-state index in [1.807, 2.05) is 19.4 Å². The Morgan fingerprint density at radius 3 is 2.78 bits per heavy atom. The van der Waals surface area contributed by atoms with Gasteiger partial charge in [-0.2, -0.15) is 5.10 Å². The first kappa shape index (κ1) is 21.1. The number of ether oxygens (including phenoxy) is 1. The van der Waals surface area contributed by atoms with Gasteiger partial charge >= 0.3 is 0 Å². The van der Waals surface area contributed by atoms with Gasteiger partial charge in [0.15, 0.2) is 5.96 Å². The maximum Gasteiger partial charge on any atom is 0.269 e. The molecule has 9 nitrogen and oxygen atoms in total. The van der Waals surface area contributed by atoms with Gasteiger partial charge in [-0.25, -0.2) is 0 Å². The number of guanidine groups is 1. The number of rotatable bonds is 4. The fourth-order valence-electron chi connectivity index (χ4n) is 2.90. The molecule has 2 heterocycles. The van der Waals surface area contributed by atoms with Crippen LogP contribution in [-0.2, 0) is 18.3 Å². The van der Waals surface area contributed by atoms with Gasteiger partial charge < -0.3 is 15.0 Å². The van der Waals surface area contributed by atoms with Gasteiger partial charge in [0.05, 0.1) is 24.3 Å². The summed E-state index contributed by atoms with van der Waals surface area (Å²) in [7, 11) is 3.63. The van der Waals surface area contributed by atoms with E-state index in [1.165, 1.54) is 12.1 Å². The molecule has 3 rings (SSSR count). The van der Waals surface area contributed by atoms with Gasteiger partial charge in [0, 0.05) is 51.1 Å². The lowest BCUT2D eigenvalue weighted by Crippen LogP contribution is -2.47. The number of nitro groups is 1. The summed E-state index contributed by atoms with van der Waals surface area (Å²) in [6.45, 7) is 2.58. The molecule has 146 valence electrons. The molecular weight excluding hydrogens is 463 g/mol. The van der Waals surface area contributed by atoms with Gasteiger partial charge in [0.25, 0.3) is 5.69 Å². The highest BCUT2D eigenvalue weighted by molar-refractivity contribution is 14.0. The third kappa shape index (κ3) is 5.39. The summed E-state index contributed by atoms with van der Waals surface area (Å²) in [6, 6.07) is 6.51. The van der Waals surface area contributed by atoms with Gasteiger partial charge in [0.1, 0.15) is 6.10 Å². The van der Waals surface area contributed by atoms with Crippen molar-refractivity contribution in [2.24, 2.45) is 12.0 Å². The summed E-state index contributed by atoms with van der Waals surface area (Å²) >= 11 is 0. The molecule has 0 aliphatic carbocycles. The largest absolute Gasteiger partial charge is 0.370 e. The van der Waals surface area contributed by atoms with Crippen LogP contribution in [0.25, 0.3) is 0 Å². The van der Waals surface area contributed by atoms with E-state index < -0.39 is 4.92 Å². The van der Waals surface area contributed by atoms with E-state index in [0.717, 1.165) is 23.6 Å². The number of nitro benzene ring substituents is 1. The number of benzene rings is 1. The number of hydrogen-bond acceptors (Lipinski definition) is 5. The standard InChI is InChI=1S/C17H22N6O3.HI/c1-18-17(19-9-13-3-5-15(6-4-13)23(24)25)22-7-8-26-16(12-22)14-10-20-21(2)11-14;/h3-6,10-11,16H,7-9,12H2,1-2H3,(H,18,19);1H. The monoisotopic (exact) mass is 486 g/mol. The molecule has 0 spiro atoms. The molecular formula is C17H23IN6O3. The van der Waals surface area contributed by atoms with E-state index in [0.29, 0.717) is 19.7 Å². The number of aryl methyl sites for hydroxylation is 1. The van der Waals surface area contributed by atoms with Crippen molar-refractivity contribution in [3.63, 3.8) is 0 Å². The van der Waals surface area contributed by atoms with E-state index in [4.69, 9.17) is 4.74 Å². The summed E-state index contributed by atoms with van der Waals surface area (Å²) in [5.41, 5.74) is 2.09. The van der Waals surface area contributed by atoms with Crippen LogP contribution in [0.4, 0.5) is 5.69 Å². The fraction of sp³-hybridized carbons (Fsp3) is 0.412. The Hall–Kier alpha value is -2.21. The maximum atomic E-state index is 10.7. The second-order valence-corrected chi connectivity index (χ2v) is 6.08. The van der Waals surface area contributed by atoms with Crippen LogP contribution in [-0.4, -0.2) is 52.3 Å². The van der Waals surface area contributed by atoms with Gasteiger partial charge in [-0.15, -0.1) is 24.0 Å². The Kier molecular flexibility index (Phi) is 7.54. The molecule has 1 aromatic carbocycles. The van der Waals surface area contributed by atoms with Crippen LogP contribution in [0.3, 0.4) is 0 Å². The zero-order chi connectivity index (χ0) is 18.5. The molecule has 1 aliphatic rings. The van der Waals surface area contributed by atoms with E-state index in [-0.39, 0.29) is 35.8 Å². The minimum Gasteiger partial charge on any atom is -0.370 e. The first-order valence-corrected chi connectivity index (χ1v) is 8.36. The molecule has 1 aliphatic heterocycles. The highest BCUT2D eigenvalue weighted by Gasteiger charge is 2.25. The van der Waals surface area contributed by atoms with Crippen LogP contribution in [0.5, 0.6) is 0 Å². The molecule has 1 saturated heterocycles. The smallest absolute Gasteiger partial charge is 0.269 e. The molecule has 0 radical (unpaired) electrons. The first-order valence-electron chi connectivity index (χ1n) is 8.36. The zero-order valence-electron chi connectivity index (χ0n) is 15.2. The van der Waals surface area contributed by atoms with E-state index in [2.05, 4.69) is 20.3 Å². The molecule has 0 amide bonds. The van der Waals surface area contributed by atoms with Gasteiger partial charge in [-0.3, -0.25) is 19.8 Å². The quantitative estimate of drug-likeness (QED) is 0.234. The molecule has 1 atom stereocenters. The third-order valence-corrected chi connectivity index (χ3v) is 4.27. The molecule has 1 N–H and O–H groups in total. The number of non-ortho nitro benzene ring substituents is 1. The average molecular weight is 486 g/mol. The first-order chi connectivity index (χ1) is 12.6. The molecule has 1 unspecified atom stereocenters. The van der Waals surface area contributed by atoms with Crippen LogP contribution in [0.15, 0.2) is 41.7 Å². The molecule has 2 aromatic rings. The summed E-state index contributed by atoms with van der Waals surface area (Å²) in [5.74, 6) is 0.778. The minimum atomic E-state index is -0.400. The van der Waals surface area contributed by atoms with Crippen LogP contribution in [0.2, 0.25) is 0 Å². The van der Waals surface area contributed by atoms with Crippen molar-refractivity contribution in [3.05, 3.63) is 57.9 Å². The lowest BCUT2D eigenvalue weighted by atomic mass is 10.1. The molecule has 1 aromatic heterocycles. The predicted octanol–water partition coefficient (Wildman–Crippen LogP) is 2.10. The Labute approximate surface area is 174 Å². The van der Waals surface area contributed by atoms with Crippen molar-refractivity contribution < 1.29 is 9.66 Å². The molecule has 0 saturated carbocycles. The highest BCUT2D eigenvalue weighted by Crippen LogP contribution is 2.21. The SMILES string of the molecule is CN=C(NCc1ccc([N+](=O)[O-])cc1)N1CCOC(c2cnn(C)c2)C1.I. The summed E-state index contributed by atoms with van der Waals surface area (Å²) < 4.78 is 7.62. The molecule has 27 heavy (non-hydrogen) atoms. The lowest BCUT2D eigenvalue weighted by molar-refractivity contribution is -0.384. The van der Waals surface area contributed by atoms with Crippen molar-refractivity contribution in [2.45, 2.75) is 12.6 Å². The molecule has 10 heteroatoms. The number of aromatic nitrogens is 2. The fourth-order valence-corrected chi connectivity index (χ4v) is 2.90. The van der Waals surface area contributed by atoms with Crippen molar-refractivity contribution >= 4 is 35.6 Å². The average Bonchev–Trinajstić information content (AvgIpc) is 3.09. The van der Waals surface area contributed by atoms with Gasteiger partial charge in [0.2, 0.25) is 0 Å². The number of halogens is 1. The Morgan fingerprint density at radius 1 is 1.44 bits per heavy atom. The predicted molar refractivity (Wildman–Crippen MR) is 112 cm³/mol. The summed E-state index contributed by atoms with van der Waals surface area (Å²) in [4.78, 5) is 16.8. The number of nitrogens with zero attached hydrogens (tertiary/aromatic N) is 5. The Balaban J connectivity index is 0.00000261. The van der Waals surface area contributed by atoms with Crippen molar-refractivity contribution in [1.29, 1.82) is 0 Å². The lowest BCUT2D eigenvalue weighted by Gasteiger charge is -2.34. The minimum absolute atomic E-state index is 0. The number of nitrogens with one attached hydrogen (secondary N) is 1. The second kappa shape index (κ2) is 9.65. The molecule has 0 bridgehead atoms.